The summed E-state index contributed by atoms with van der Waals surface area (Å²) < 4.78 is 33.0. The number of aromatic nitrogens is 1. The van der Waals surface area contributed by atoms with Crippen molar-refractivity contribution in [2.75, 3.05) is 0 Å². The van der Waals surface area contributed by atoms with E-state index in [0.29, 0.717) is 11.5 Å². The van der Waals surface area contributed by atoms with E-state index in [0.717, 1.165) is 16.3 Å². The summed E-state index contributed by atoms with van der Waals surface area (Å²) in [6, 6.07) is 15.5. The van der Waals surface area contributed by atoms with Crippen LogP contribution in [0.5, 0.6) is 0 Å². The summed E-state index contributed by atoms with van der Waals surface area (Å²) in [6.45, 7) is 3.01. The number of carbonyl (C=O) groups excluding carboxylic acids is 1. The third-order valence-electron chi connectivity index (χ3n) is 4.88. The number of hydrogen-bond donors (Lipinski definition) is 1. The van der Waals surface area contributed by atoms with E-state index in [4.69, 9.17) is 4.42 Å². The number of halogens is 2. The summed E-state index contributed by atoms with van der Waals surface area (Å²) in [7, 11) is 0. The number of carbonyl (C=O) groups is 1. The zero-order valence-corrected chi connectivity index (χ0v) is 15.9. The van der Waals surface area contributed by atoms with Crippen molar-refractivity contribution in [3.63, 3.8) is 0 Å². The molecule has 4 nitrogen and oxygen atoms in total. The van der Waals surface area contributed by atoms with Gasteiger partial charge in [0.1, 0.15) is 17.9 Å². The van der Waals surface area contributed by atoms with Gasteiger partial charge in [-0.15, -0.1) is 0 Å². The smallest absolute Gasteiger partial charge is 0.273 e. The number of oxazole rings is 1. The molecule has 29 heavy (non-hydrogen) atoms. The van der Waals surface area contributed by atoms with E-state index >= 15 is 0 Å². The Hall–Kier alpha value is -3.54. The highest BCUT2D eigenvalue weighted by Crippen LogP contribution is 2.24. The Labute approximate surface area is 166 Å². The molecule has 0 spiro atoms. The van der Waals surface area contributed by atoms with Gasteiger partial charge in [-0.05, 0) is 54.4 Å². The molecule has 0 bridgehead atoms. The van der Waals surface area contributed by atoms with E-state index in [1.807, 2.05) is 42.5 Å². The van der Waals surface area contributed by atoms with Gasteiger partial charge in [-0.2, -0.15) is 0 Å². The molecular formula is C23H18F2N2O2. The lowest BCUT2D eigenvalue weighted by Crippen LogP contribution is -2.27. The van der Waals surface area contributed by atoms with Gasteiger partial charge in [0.15, 0.2) is 5.69 Å². The van der Waals surface area contributed by atoms with Crippen LogP contribution in [0.4, 0.5) is 8.78 Å². The first kappa shape index (κ1) is 18.8. The van der Waals surface area contributed by atoms with Crippen LogP contribution in [0.25, 0.3) is 22.2 Å². The van der Waals surface area contributed by atoms with Crippen molar-refractivity contribution in [3.05, 3.63) is 89.3 Å². The zero-order chi connectivity index (χ0) is 20.5. The Balaban J connectivity index is 1.53. The van der Waals surface area contributed by atoms with Crippen LogP contribution in [0.15, 0.2) is 65.3 Å². The third-order valence-corrected chi connectivity index (χ3v) is 4.88. The summed E-state index contributed by atoms with van der Waals surface area (Å²) in [6.07, 6.45) is 1.27. The fourth-order valence-electron chi connectivity index (χ4n) is 3.10. The number of hydrogen-bond acceptors (Lipinski definition) is 3. The first-order valence-corrected chi connectivity index (χ1v) is 9.13. The predicted octanol–water partition coefficient (Wildman–Crippen LogP) is 5.57. The molecule has 1 atom stereocenters. The summed E-state index contributed by atoms with van der Waals surface area (Å²) >= 11 is 0. The molecule has 1 N–H and O–H groups in total. The topological polar surface area (TPSA) is 55.1 Å². The minimum absolute atomic E-state index is 0.0520. The Morgan fingerprint density at radius 1 is 1.03 bits per heavy atom. The van der Waals surface area contributed by atoms with Gasteiger partial charge in [-0.25, -0.2) is 13.8 Å². The second-order valence-corrected chi connectivity index (χ2v) is 6.90. The van der Waals surface area contributed by atoms with Crippen molar-refractivity contribution < 1.29 is 18.0 Å². The largest absolute Gasteiger partial charge is 0.444 e. The molecule has 0 aliphatic carbocycles. The van der Waals surface area contributed by atoms with E-state index in [1.54, 1.807) is 6.92 Å². The Morgan fingerprint density at radius 3 is 2.45 bits per heavy atom. The van der Waals surface area contributed by atoms with Gasteiger partial charge in [-0.3, -0.25) is 4.79 Å². The Bertz CT molecular complexity index is 1190. The fraction of sp³-hybridized carbons (Fsp3) is 0.130. The molecule has 0 aliphatic heterocycles. The van der Waals surface area contributed by atoms with Crippen LogP contribution in [0.1, 0.15) is 34.6 Å². The first-order valence-electron chi connectivity index (χ1n) is 9.13. The van der Waals surface area contributed by atoms with Crippen LogP contribution >= 0.6 is 0 Å². The number of benzene rings is 3. The van der Waals surface area contributed by atoms with Gasteiger partial charge < -0.3 is 9.73 Å². The lowest BCUT2D eigenvalue weighted by molar-refractivity contribution is 0.0934. The van der Waals surface area contributed by atoms with Crippen LogP contribution in [0.3, 0.4) is 0 Å². The van der Waals surface area contributed by atoms with Crippen molar-refractivity contribution in [2.45, 2.75) is 19.9 Å². The Kier molecular flexibility index (Phi) is 4.84. The second kappa shape index (κ2) is 7.47. The van der Waals surface area contributed by atoms with Gasteiger partial charge in [0.2, 0.25) is 5.89 Å². The molecule has 146 valence electrons. The molecule has 4 rings (SSSR count). The summed E-state index contributed by atoms with van der Waals surface area (Å²) in [5.41, 5.74) is 1.12. The molecule has 4 aromatic rings. The van der Waals surface area contributed by atoms with Crippen molar-refractivity contribution >= 4 is 16.7 Å². The molecule has 1 aromatic heterocycles. The number of nitrogens with one attached hydrogen (secondary N) is 1. The Morgan fingerprint density at radius 2 is 1.72 bits per heavy atom. The van der Waals surface area contributed by atoms with Gasteiger partial charge in [0.05, 0.1) is 6.04 Å². The van der Waals surface area contributed by atoms with Crippen molar-refractivity contribution in [2.24, 2.45) is 0 Å². The van der Waals surface area contributed by atoms with E-state index in [2.05, 4.69) is 10.3 Å². The molecule has 0 fully saturated rings. The molecule has 1 amide bonds. The van der Waals surface area contributed by atoms with Crippen LogP contribution < -0.4 is 5.32 Å². The lowest BCUT2D eigenvalue weighted by atomic mass is 10.1. The van der Waals surface area contributed by atoms with E-state index < -0.39 is 23.6 Å². The molecule has 0 unspecified atom stereocenters. The summed E-state index contributed by atoms with van der Waals surface area (Å²) in [4.78, 5) is 16.8. The second-order valence-electron chi connectivity index (χ2n) is 6.90. The zero-order valence-electron chi connectivity index (χ0n) is 15.9. The average Bonchev–Trinajstić information content (AvgIpc) is 3.21. The van der Waals surface area contributed by atoms with Crippen molar-refractivity contribution in [1.82, 2.24) is 10.3 Å². The first-order chi connectivity index (χ1) is 13.9. The quantitative estimate of drug-likeness (QED) is 0.494. The van der Waals surface area contributed by atoms with E-state index in [9.17, 15) is 13.6 Å². The van der Waals surface area contributed by atoms with Gasteiger partial charge >= 0.3 is 0 Å². The third kappa shape index (κ3) is 3.74. The standard InChI is InChI=1S/C23H18F2N2O2/c1-13-19(24)10-18(11-20(13)25)14(2)26-22(28)21-12-29-23(27-21)17-8-7-15-5-3-4-6-16(15)9-17/h3-12,14H,1-2H3,(H,26,28)/t14-/m1/s1. The maximum Gasteiger partial charge on any atom is 0.273 e. The molecule has 0 radical (unpaired) electrons. The fourth-order valence-corrected chi connectivity index (χ4v) is 3.10. The highest BCUT2D eigenvalue weighted by atomic mass is 19.1. The SMILES string of the molecule is Cc1c(F)cc([C@@H](C)NC(=O)c2coc(-c3ccc4ccccc4c3)n2)cc1F. The van der Waals surface area contributed by atoms with Crippen LogP contribution in [-0.2, 0) is 0 Å². The van der Waals surface area contributed by atoms with Crippen LogP contribution in [-0.4, -0.2) is 10.9 Å². The molecule has 6 heteroatoms. The van der Waals surface area contributed by atoms with Crippen molar-refractivity contribution in [3.8, 4) is 11.5 Å². The summed E-state index contributed by atoms with van der Waals surface area (Å²) in [5.74, 6) is -1.47. The van der Waals surface area contributed by atoms with Gasteiger partial charge in [-0.1, -0.05) is 30.3 Å². The highest BCUT2D eigenvalue weighted by Gasteiger charge is 2.18. The summed E-state index contributed by atoms with van der Waals surface area (Å²) in [5, 5.41) is 4.81. The minimum Gasteiger partial charge on any atom is -0.444 e. The maximum atomic E-state index is 13.8. The number of nitrogens with zero attached hydrogens (tertiary/aromatic N) is 1. The molecule has 1 heterocycles. The maximum absolute atomic E-state index is 13.8. The normalized spacial score (nSPS) is 12.1. The monoisotopic (exact) mass is 392 g/mol. The van der Waals surface area contributed by atoms with Crippen LogP contribution in [0.2, 0.25) is 0 Å². The van der Waals surface area contributed by atoms with Gasteiger partial charge in [0, 0.05) is 11.1 Å². The number of fused-ring (bicyclic) bond motifs is 1. The number of amides is 1. The van der Waals surface area contributed by atoms with Crippen molar-refractivity contribution in [1.29, 1.82) is 0 Å². The highest BCUT2D eigenvalue weighted by molar-refractivity contribution is 5.93. The molecule has 0 aliphatic rings. The van der Waals surface area contributed by atoms with Gasteiger partial charge in [0.25, 0.3) is 5.91 Å². The minimum atomic E-state index is -0.652. The number of rotatable bonds is 4. The molecule has 3 aromatic carbocycles. The average molecular weight is 392 g/mol. The lowest BCUT2D eigenvalue weighted by Gasteiger charge is -2.14. The molecule has 0 saturated heterocycles. The predicted molar refractivity (Wildman–Crippen MR) is 106 cm³/mol. The molecule has 0 saturated carbocycles. The van der Waals surface area contributed by atoms with E-state index in [-0.39, 0.29) is 11.3 Å². The van der Waals surface area contributed by atoms with Crippen LogP contribution in [0, 0.1) is 18.6 Å². The molecular weight excluding hydrogens is 374 g/mol. The van der Waals surface area contributed by atoms with E-state index in [1.165, 1.54) is 25.3 Å².